The molecule has 2 rings (SSSR count). The second-order valence-electron chi connectivity index (χ2n) is 3.44. The van der Waals surface area contributed by atoms with Crippen molar-refractivity contribution in [3.8, 4) is 5.69 Å². The summed E-state index contributed by atoms with van der Waals surface area (Å²) < 4.78 is 9.17. The standard InChI is InChI=1S/C13H12ClNO/c1-2-10-3-8-13(16)15(9-10)12-6-4-11(14)5-7-12/h3-9H,2H2,1H3/i2D. The topological polar surface area (TPSA) is 22.0 Å². The van der Waals surface area contributed by atoms with E-state index in [1.807, 2.05) is 0 Å². The molecule has 82 valence electrons. The van der Waals surface area contributed by atoms with E-state index in [-0.39, 0.29) is 12.0 Å². The predicted octanol–water partition coefficient (Wildman–Crippen LogP) is 3.05. The molecule has 0 aliphatic carbocycles. The highest BCUT2D eigenvalue weighted by Gasteiger charge is 2.00. The molecule has 0 spiro atoms. The zero-order valence-corrected chi connectivity index (χ0v) is 9.61. The number of rotatable bonds is 2. The molecule has 0 bridgehead atoms. The van der Waals surface area contributed by atoms with E-state index >= 15 is 0 Å². The zero-order valence-electron chi connectivity index (χ0n) is 9.85. The number of benzene rings is 1. The van der Waals surface area contributed by atoms with E-state index in [0.29, 0.717) is 5.02 Å². The Kier molecular flexibility index (Phi) is 2.74. The number of hydrogen-bond acceptors (Lipinski definition) is 1. The average molecular weight is 235 g/mol. The van der Waals surface area contributed by atoms with Crippen LogP contribution in [0, 0.1) is 0 Å². The fourth-order valence-electron chi connectivity index (χ4n) is 1.48. The minimum absolute atomic E-state index is 0.114. The summed E-state index contributed by atoms with van der Waals surface area (Å²) >= 11 is 5.80. The lowest BCUT2D eigenvalue weighted by atomic mass is 10.2. The molecule has 2 nitrogen and oxygen atoms in total. The highest BCUT2D eigenvalue weighted by Crippen LogP contribution is 2.12. The van der Waals surface area contributed by atoms with Crippen LogP contribution in [0.5, 0.6) is 0 Å². The molecule has 0 amide bonds. The molecule has 16 heavy (non-hydrogen) atoms. The van der Waals surface area contributed by atoms with E-state index < -0.39 is 0 Å². The van der Waals surface area contributed by atoms with Crippen molar-refractivity contribution in [1.29, 1.82) is 0 Å². The van der Waals surface area contributed by atoms with Crippen LogP contribution in [0.3, 0.4) is 0 Å². The number of aryl methyl sites for hydroxylation is 1. The third-order valence-corrected chi connectivity index (χ3v) is 2.62. The van der Waals surface area contributed by atoms with Crippen LogP contribution in [0.1, 0.15) is 13.9 Å². The Morgan fingerprint density at radius 1 is 1.25 bits per heavy atom. The summed E-state index contributed by atoms with van der Waals surface area (Å²) in [5, 5.41) is 0.631. The number of pyridine rings is 1. The van der Waals surface area contributed by atoms with Gasteiger partial charge < -0.3 is 0 Å². The van der Waals surface area contributed by atoms with Gasteiger partial charge in [0.25, 0.3) is 5.56 Å². The largest absolute Gasteiger partial charge is 0.284 e. The molecule has 0 aliphatic heterocycles. The Hall–Kier alpha value is -1.54. The van der Waals surface area contributed by atoms with E-state index in [4.69, 9.17) is 13.0 Å². The Morgan fingerprint density at radius 3 is 2.56 bits per heavy atom. The summed E-state index contributed by atoms with van der Waals surface area (Å²) in [5.74, 6) is 0. The van der Waals surface area contributed by atoms with Gasteiger partial charge in [-0.25, -0.2) is 0 Å². The van der Waals surface area contributed by atoms with Crippen molar-refractivity contribution in [2.45, 2.75) is 13.3 Å². The molecule has 0 fully saturated rings. The molecule has 1 heterocycles. The van der Waals surface area contributed by atoms with Gasteiger partial charge in [0.1, 0.15) is 0 Å². The van der Waals surface area contributed by atoms with Gasteiger partial charge in [0.05, 0.1) is 0 Å². The molecule has 3 heteroatoms. The third-order valence-electron chi connectivity index (χ3n) is 2.37. The van der Waals surface area contributed by atoms with E-state index in [0.717, 1.165) is 11.3 Å². The summed E-state index contributed by atoms with van der Waals surface area (Å²) in [6, 6.07) is 10.2. The van der Waals surface area contributed by atoms with Gasteiger partial charge in [-0.3, -0.25) is 9.36 Å². The van der Waals surface area contributed by atoms with Gasteiger partial charge in [0, 0.05) is 24.3 Å². The Morgan fingerprint density at radius 2 is 1.94 bits per heavy atom. The number of aromatic nitrogens is 1. The molecule has 1 aromatic carbocycles. The van der Waals surface area contributed by atoms with Gasteiger partial charge in [-0.1, -0.05) is 24.6 Å². The van der Waals surface area contributed by atoms with Gasteiger partial charge in [-0.05, 0) is 36.2 Å². The molecule has 2 aromatic rings. The lowest BCUT2D eigenvalue weighted by Gasteiger charge is -2.07. The highest BCUT2D eigenvalue weighted by atomic mass is 35.5. The van der Waals surface area contributed by atoms with Crippen LogP contribution in [0.25, 0.3) is 5.69 Å². The molecular formula is C13H12ClNO. The first kappa shape index (κ1) is 9.67. The molecule has 0 aliphatic rings. The minimum atomic E-state index is -0.353. The Balaban J connectivity index is 2.54. The van der Waals surface area contributed by atoms with Gasteiger partial charge in [-0.15, -0.1) is 0 Å². The fraction of sp³-hybridized carbons (Fsp3) is 0.154. The molecule has 0 saturated carbocycles. The second kappa shape index (κ2) is 4.54. The van der Waals surface area contributed by atoms with Crippen molar-refractivity contribution in [3.05, 3.63) is 63.5 Å². The van der Waals surface area contributed by atoms with Crippen LogP contribution in [-0.2, 0) is 6.40 Å². The van der Waals surface area contributed by atoms with Gasteiger partial charge in [0.2, 0.25) is 0 Å². The molecule has 1 atom stereocenters. The maximum Gasteiger partial charge on any atom is 0.255 e. The molecular weight excluding hydrogens is 222 g/mol. The Labute approximate surface area is 101 Å². The third kappa shape index (κ3) is 2.17. The average Bonchev–Trinajstić information content (AvgIpc) is 2.31. The predicted molar refractivity (Wildman–Crippen MR) is 66.4 cm³/mol. The maximum atomic E-state index is 11.7. The molecule has 0 radical (unpaired) electrons. The normalized spacial score (nSPS) is 13.2. The molecule has 1 aromatic heterocycles. The molecule has 0 N–H and O–H groups in total. The number of halogens is 1. The van der Waals surface area contributed by atoms with Crippen LogP contribution < -0.4 is 5.56 Å². The first-order chi connectivity index (χ1) is 8.08. The monoisotopic (exact) mass is 234 g/mol. The SMILES string of the molecule is [2H]C(C)c1ccc(=O)n(-c2ccc(Cl)cc2)c1. The van der Waals surface area contributed by atoms with E-state index in [2.05, 4.69) is 0 Å². The summed E-state index contributed by atoms with van der Waals surface area (Å²) in [6.45, 7) is 1.77. The molecule has 0 saturated heterocycles. The van der Waals surface area contributed by atoms with Gasteiger partial charge in [0.15, 0.2) is 0 Å². The van der Waals surface area contributed by atoms with E-state index in [9.17, 15) is 4.79 Å². The summed E-state index contributed by atoms with van der Waals surface area (Å²) in [4.78, 5) is 11.7. The number of hydrogen-bond donors (Lipinski definition) is 0. The maximum absolute atomic E-state index is 11.7. The Bertz CT molecular complexity index is 575. The smallest absolute Gasteiger partial charge is 0.255 e. The summed E-state index contributed by atoms with van der Waals surface area (Å²) in [6.07, 6.45) is 1.35. The van der Waals surface area contributed by atoms with Crippen LogP contribution in [0.2, 0.25) is 5.02 Å². The minimum Gasteiger partial charge on any atom is -0.284 e. The lowest BCUT2D eigenvalue weighted by Crippen LogP contribution is -2.16. The summed E-state index contributed by atoms with van der Waals surface area (Å²) in [7, 11) is 0. The van der Waals surface area contributed by atoms with Crippen LogP contribution in [-0.4, -0.2) is 4.57 Å². The van der Waals surface area contributed by atoms with Crippen molar-refractivity contribution in [1.82, 2.24) is 4.57 Å². The van der Waals surface area contributed by atoms with Crippen molar-refractivity contribution in [2.24, 2.45) is 0 Å². The number of nitrogens with zero attached hydrogens (tertiary/aromatic N) is 1. The van der Waals surface area contributed by atoms with Gasteiger partial charge >= 0.3 is 0 Å². The van der Waals surface area contributed by atoms with Crippen molar-refractivity contribution >= 4 is 11.6 Å². The lowest BCUT2D eigenvalue weighted by molar-refractivity contribution is 0.953. The van der Waals surface area contributed by atoms with E-state index in [1.54, 1.807) is 43.5 Å². The van der Waals surface area contributed by atoms with Crippen molar-refractivity contribution in [2.75, 3.05) is 0 Å². The quantitative estimate of drug-likeness (QED) is 0.783. The van der Waals surface area contributed by atoms with Crippen molar-refractivity contribution < 1.29 is 1.37 Å². The second-order valence-corrected chi connectivity index (χ2v) is 3.87. The van der Waals surface area contributed by atoms with Gasteiger partial charge in [-0.2, -0.15) is 0 Å². The van der Waals surface area contributed by atoms with Crippen LogP contribution >= 0.6 is 11.6 Å². The first-order valence-electron chi connectivity index (χ1n) is 5.56. The van der Waals surface area contributed by atoms with Crippen LogP contribution in [0.15, 0.2) is 47.4 Å². The van der Waals surface area contributed by atoms with E-state index in [1.165, 1.54) is 10.6 Å². The van der Waals surface area contributed by atoms with Crippen molar-refractivity contribution in [3.63, 3.8) is 0 Å². The molecule has 1 unspecified atom stereocenters. The zero-order chi connectivity index (χ0) is 12.4. The summed E-state index contributed by atoms with van der Waals surface area (Å²) in [5.41, 5.74) is 1.44. The fourth-order valence-corrected chi connectivity index (χ4v) is 1.60. The van der Waals surface area contributed by atoms with Crippen LogP contribution in [0.4, 0.5) is 0 Å². The highest BCUT2D eigenvalue weighted by molar-refractivity contribution is 6.30. The first-order valence-corrected chi connectivity index (χ1v) is 5.36.